The summed E-state index contributed by atoms with van der Waals surface area (Å²) >= 11 is 0. The largest absolute Gasteiger partial charge is 0.352 e. The van der Waals surface area contributed by atoms with Gasteiger partial charge in [0.15, 0.2) is 0 Å². The maximum atomic E-state index is 11.9. The fourth-order valence-corrected chi connectivity index (χ4v) is 2.23. The Morgan fingerprint density at radius 2 is 1.94 bits per heavy atom. The molecule has 0 saturated heterocycles. The maximum Gasteiger partial charge on any atom is 0.240 e. The molecule has 0 heterocycles. The first-order chi connectivity index (χ1) is 7.06. The molecule has 0 aromatic carbocycles. The molecule has 1 aliphatic rings. The first kappa shape index (κ1) is 15.7. The molecule has 0 aromatic rings. The lowest BCUT2D eigenvalue weighted by Gasteiger charge is -2.29. The smallest absolute Gasteiger partial charge is 0.240 e. The second-order valence-electron chi connectivity index (χ2n) is 4.98. The van der Waals surface area contributed by atoms with Crippen LogP contribution in [0.3, 0.4) is 0 Å². The van der Waals surface area contributed by atoms with Gasteiger partial charge in [-0.1, -0.05) is 32.6 Å². The van der Waals surface area contributed by atoms with Crippen LogP contribution in [0.2, 0.25) is 0 Å². The molecule has 0 radical (unpaired) electrons. The number of nitrogens with one attached hydrogen (secondary N) is 1. The third-order valence-corrected chi connectivity index (χ3v) is 3.23. The van der Waals surface area contributed by atoms with E-state index < -0.39 is 5.54 Å². The number of hydrogen-bond acceptors (Lipinski definition) is 2. The summed E-state index contributed by atoms with van der Waals surface area (Å²) in [6.45, 7) is 3.88. The van der Waals surface area contributed by atoms with Crippen LogP contribution in [-0.4, -0.2) is 17.5 Å². The number of nitrogens with two attached hydrogens (primary N) is 1. The molecular weight excluding hydrogens is 224 g/mol. The topological polar surface area (TPSA) is 55.1 Å². The van der Waals surface area contributed by atoms with E-state index >= 15 is 0 Å². The van der Waals surface area contributed by atoms with Crippen LogP contribution in [0.5, 0.6) is 0 Å². The highest BCUT2D eigenvalue weighted by atomic mass is 35.5. The number of carbonyl (C=O) groups excluding carboxylic acids is 1. The fraction of sp³-hybridized carbons (Fsp3) is 0.917. The predicted molar refractivity (Wildman–Crippen MR) is 69.8 cm³/mol. The Hall–Kier alpha value is -0.280. The predicted octanol–water partition coefficient (Wildman–Crippen LogP) is 2.37. The Labute approximate surface area is 105 Å². The fourth-order valence-electron chi connectivity index (χ4n) is 2.23. The lowest BCUT2D eigenvalue weighted by Crippen LogP contribution is -2.54. The minimum absolute atomic E-state index is 0. The van der Waals surface area contributed by atoms with Gasteiger partial charge in [-0.3, -0.25) is 4.79 Å². The molecule has 4 heteroatoms. The van der Waals surface area contributed by atoms with E-state index in [2.05, 4.69) is 12.2 Å². The van der Waals surface area contributed by atoms with Gasteiger partial charge in [0.2, 0.25) is 5.91 Å². The van der Waals surface area contributed by atoms with Gasteiger partial charge in [-0.25, -0.2) is 0 Å². The van der Waals surface area contributed by atoms with E-state index in [-0.39, 0.29) is 18.3 Å². The van der Waals surface area contributed by atoms with E-state index in [4.69, 9.17) is 5.73 Å². The number of rotatable bonds is 4. The Bertz CT molecular complexity index is 213. The van der Waals surface area contributed by atoms with Crippen molar-refractivity contribution < 1.29 is 4.79 Å². The van der Waals surface area contributed by atoms with Crippen LogP contribution in [0.15, 0.2) is 0 Å². The molecule has 1 rings (SSSR count). The summed E-state index contributed by atoms with van der Waals surface area (Å²) in [7, 11) is 0. The van der Waals surface area contributed by atoms with Crippen molar-refractivity contribution >= 4 is 18.3 Å². The number of halogens is 1. The molecule has 0 spiro atoms. The maximum absolute atomic E-state index is 11.9. The Morgan fingerprint density at radius 1 is 1.38 bits per heavy atom. The van der Waals surface area contributed by atoms with Crippen molar-refractivity contribution in [2.24, 2.45) is 5.73 Å². The van der Waals surface area contributed by atoms with Crippen molar-refractivity contribution in [3.8, 4) is 0 Å². The van der Waals surface area contributed by atoms with Gasteiger partial charge in [0.1, 0.15) is 0 Å². The molecule has 1 unspecified atom stereocenters. The summed E-state index contributed by atoms with van der Waals surface area (Å²) in [4.78, 5) is 11.9. The van der Waals surface area contributed by atoms with Crippen LogP contribution in [-0.2, 0) is 4.79 Å². The second kappa shape index (κ2) is 7.13. The van der Waals surface area contributed by atoms with E-state index in [1.807, 2.05) is 6.92 Å². The molecule has 0 aliphatic heterocycles. The van der Waals surface area contributed by atoms with Gasteiger partial charge in [0, 0.05) is 6.04 Å². The lowest BCUT2D eigenvalue weighted by molar-refractivity contribution is -0.127. The van der Waals surface area contributed by atoms with Crippen molar-refractivity contribution in [2.75, 3.05) is 0 Å². The van der Waals surface area contributed by atoms with Crippen molar-refractivity contribution in [3.63, 3.8) is 0 Å². The monoisotopic (exact) mass is 248 g/mol. The average Bonchev–Trinajstić information content (AvgIpc) is 2.19. The molecule has 3 N–H and O–H groups in total. The zero-order chi connectivity index (χ0) is 11.3. The van der Waals surface area contributed by atoms with Crippen LogP contribution in [0.25, 0.3) is 0 Å². The van der Waals surface area contributed by atoms with Crippen molar-refractivity contribution in [2.45, 2.75) is 70.4 Å². The third-order valence-electron chi connectivity index (χ3n) is 3.23. The van der Waals surface area contributed by atoms with Gasteiger partial charge in [0.05, 0.1) is 5.54 Å². The Kier molecular flexibility index (Phi) is 7.00. The van der Waals surface area contributed by atoms with E-state index in [1.165, 1.54) is 19.3 Å². The van der Waals surface area contributed by atoms with E-state index in [9.17, 15) is 4.79 Å². The zero-order valence-corrected chi connectivity index (χ0v) is 11.2. The number of hydrogen-bond donors (Lipinski definition) is 2. The first-order valence-corrected chi connectivity index (χ1v) is 6.16. The van der Waals surface area contributed by atoms with Gasteiger partial charge in [-0.15, -0.1) is 12.4 Å². The standard InChI is InChI=1S/C12H24N2O.ClH/c1-3-9-12(2,13)11(15)14-10-7-5-4-6-8-10;/h10H,3-9,13H2,1-2H3,(H,14,15);1H. The summed E-state index contributed by atoms with van der Waals surface area (Å²) in [6.07, 6.45) is 7.72. The highest BCUT2D eigenvalue weighted by Gasteiger charge is 2.29. The highest BCUT2D eigenvalue weighted by molar-refractivity contribution is 5.86. The summed E-state index contributed by atoms with van der Waals surface area (Å²) in [5.41, 5.74) is 5.29. The molecule has 0 aromatic heterocycles. The molecule has 16 heavy (non-hydrogen) atoms. The molecule has 1 aliphatic carbocycles. The number of amides is 1. The summed E-state index contributed by atoms with van der Waals surface area (Å²) < 4.78 is 0. The van der Waals surface area contributed by atoms with Gasteiger partial charge in [0.25, 0.3) is 0 Å². The summed E-state index contributed by atoms with van der Waals surface area (Å²) in [6, 6.07) is 0.367. The van der Waals surface area contributed by atoms with E-state index in [0.717, 1.165) is 25.7 Å². The molecule has 96 valence electrons. The summed E-state index contributed by atoms with van der Waals surface area (Å²) in [5.74, 6) is 0.0243. The molecule has 1 amide bonds. The minimum atomic E-state index is -0.688. The quantitative estimate of drug-likeness (QED) is 0.803. The first-order valence-electron chi connectivity index (χ1n) is 6.16. The third kappa shape index (κ3) is 4.71. The van der Waals surface area contributed by atoms with Crippen LogP contribution in [0.4, 0.5) is 0 Å². The van der Waals surface area contributed by atoms with Crippen molar-refractivity contribution in [1.82, 2.24) is 5.32 Å². The van der Waals surface area contributed by atoms with Gasteiger partial charge in [-0.05, 0) is 26.2 Å². The van der Waals surface area contributed by atoms with Crippen LogP contribution in [0, 0.1) is 0 Å². The number of carbonyl (C=O) groups is 1. The van der Waals surface area contributed by atoms with Gasteiger partial charge >= 0.3 is 0 Å². The molecule has 3 nitrogen and oxygen atoms in total. The van der Waals surface area contributed by atoms with Crippen LogP contribution < -0.4 is 11.1 Å². The molecule has 1 fully saturated rings. The van der Waals surface area contributed by atoms with Gasteiger partial charge < -0.3 is 11.1 Å². The normalized spacial score (nSPS) is 20.7. The van der Waals surface area contributed by atoms with Crippen LogP contribution in [0.1, 0.15) is 58.8 Å². The molecule has 1 saturated carbocycles. The van der Waals surface area contributed by atoms with Crippen molar-refractivity contribution in [1.29, 1.82) is 0 Å². The minimum Gasteiger partial charge on any atom is -0.352 e. The van der Waals surface area contributed by atoms with Gasteiger partial charge in [-0.2, -0.15) is 0 Å². The molecule has 1 atom stereocenters. The van der Waals surface area contributed by atoms with Crippen LogP contribution >= 0.6 is 12.4 Å². The van der Waals surface area contributed by atoms with Crippen molar-refractivity contribution in [3.05, 3.63) is 0 Å². The second-order valence-corrected chi connectivity index (χ2v) is 4.98. The average molecular weight is 249 g/mol. The molecule has 0 bridgehead atoms. The molecular formula is C12H25ClN2O. The van der Waals surface area contributed by atoms with E-state index in [1.54, 1.807) is 0 Å². The highest BCUT2D eigenvalue weighted by Crippen LogP contribution is 2.18. The Morgan fingerprint density at radius 3 is 2.44 bits per heavy atom. The summed E-state index contributed by atoms with van der Waals surface area (Å²) in [5, 5.41) is 3.08. The SMILES string of the molecule is CCCC(C)(N)C(=O)NC1CCCCC1.Cl. The Balaban J connectivity index is 0.00000225. The zero-order valence-electron chi connectivity index (χ0n) is 10.4. The van der Waals surface area contributed by atoms with E-state index in [0.29, 0.717) is 6.04 Å². The lowest BCUT2D eigenvalue weighted by atomic mass is 9.92.